The van der Waals surface area contributed by atoms with E-state index in [1.165, 1.54) is 12.0 Å². The summed E-state index contributed by atoms with van der Waals surface area (Å²) in [6.45, 7) is 9.26. The molecule has 0 spiro atoms. The van der Waals surface area contributed by atoms with Gasteiger partial charge in [-0.25, -0.2) is 19.7 Å². The Morgan fingerprint density at radius 3 is 2.40 bits per heavy atom. The van der Waals surface area contributed by atoms with E-state index in [4.69, 9.17) is 35.5 Å². The second-order valence-corrected chi connectivity index (χ2v) is 10.5. The molecular formula is C29H33ClN4O6. The summed E-state index contributed by atoms with van der Waals surface area (Å²) in [6, 6.07) is 8.87. The first-order valence-electron chi connectivity index (χ1n) is 12.8. The topological polar surface area (TPSA) is 104 Å². The predicted molar refractivity (Wildman–Crippen MR) is 153 cm³/mol. The van der Waals surface area contributed by atoms with Gasteiger partial charge < -0.3 is 18.9 Å². The molecule has 0 aliphatic heterocycles. The number of ether oxygens (including phenoxy) is 4. The largest absolute Gasteiger partial charge is 0.493 e. The number of rotatable bonds is 8. The number of nitrogens with zero attached hydrogens (tertiary/aromatic N) is 4. The van der Waals surface area contributed by atoms with Gasteiger partial charge in [-0.15, -0.1) is 0 Å². The highest BCUT2D eigenvalue weighted by molar-refractivity contribution is 6.34. The van der Waals surface area contributed by atoms with E-state index < -0.39 is 11.7 Å². The van der Waals surface area contributed by atoms with Crippen LogP contribution in [-0.4, -0.2) is 52.9 Å². The maximum absolute atomic E-state index is 13.8. The summed E-state index contributed by atoms with van der Waals surface area (Å²) in [5.41, 5.74) is 2.03. The van der Waals surface area contributed by atoms with Gasteiger partial charge in [-0.05, 0) is 46.2 Å². The monoisotopic (exact) mass is 568 g/mol. The fourth-order valence-corrected chi connectivity index (χ4v) is 4.71. The molecule has 0 radical (unpaired) electrons. The first-order valence-corrected chi connectivity index (χ1v) is 13.2. The standard InChI is InChI=1S/C29H33ClN4O6/c1-8-39-25(35)13-12-24-31-16-21-27(32-19-14-22(37-6)23(38-7)15-20(19)33(21)24)34(28(36)40-29(3,4)5)26-17(2)10-9-11-18(26)30/h9-11,14-16H,8,12-13H2,1-7H3. The number of hydrogen-bond donors (Lipinski definition) is 0. The molecule has 0 aliphatic carbocycles. The maximum Gasteiger partial charge on any atom is 0.420 e. The molecule has 0 bridgehead atoms. The summed E-state index contributed by atoms with van der Waals surface area (Å²) in [4.78, 5) is 36.9. The third-order valence-electron chi connectivity index (χ3n) is 6.07. The summed E-state index contributed by atoms with van der Waals surface area (Å²) < 4.78 is 23.9. The van der Waals surface area contributed by atoms with Gasteiger partial charge in [0.1, 0.15) is 16.9 Å². The lowest BCUT2D eigenvalue weighted by Gasteiger charge is -2.29. The Hall–Kier alpha value is -4.05. The quantitative estimate of drug-likeness (QED) is 0.224. The van der Waals surface area contributed by atoms with Gasteiger partial charge >= 0.3 is 12.1 Å². The molecule has 40 heavy (non-hydrogen) atoms. The Kier molecular flexibility index (Phi) is 8.39. The number of fused-ring (bicyclic) bond motifs is 3. The Balaban J connectivity index is 2.05. The summed E-state index contributed by atoms with van der Waals surface area (Å²) in [6.07, 6.45) is 1.37. The number of amides is 1. The molecule has 11 heteroatoms. The normalized spacial score (nSPS) is 11.5. The van der Waals surface area contributed by atoms with Crippen molar-refractivity contribution >= 4 is 51.7 Å². The zero-order chi connectivity index (χ0) is 29.2. The van der Waals surface area contributed by atoms with Gasteiger partial charge in [0.25, 0.3) is 0 Å². The van der Waals surface area contributed by atoms with Crippen LogP contribution in [0.3, 0.4) is 0 Å². The Bertz CT molecular complexity index is 1560. The number of anilines is 2. The number of para-hydroxylation sites is 1. The van der Waals surface area contributed by atoms with E-state index in [2.05, 4.69) is 4.98 Å². The number of carbonyl (C=O) groups excluding carboxylic acids is 2. The molecular weight excluding hydrogens is 536 g/mol. The zero-order valence-electron chi connectivity index (χ0n) is 23.7. The van der Waals surface area contributed by atoms with E-state index in [0.29, 0.717) is 44.6 Å². The molecule has 4 aromatic rings. The van der Waals surface area contributed by atoms with E-state index in [0.717, 1.165) is 5.56 Å². The second-order valence-electron chi connectivity index (χ2n) is 10.1. The minimum atomic E-state index is -0.792. The lowest BCUT2D eigenvalue weighted by Crippen LogP contribution is -2.35. The summed E-state index contributed by atoms with van der Waals surface area (Å²) in [5, 5.41) is 0.347. The lowest BCUT2D eigenvalue weighted by molar-refractivity contribution is -0.143. The number of esters is 1. The lowest BCUT2D eigenvalue weighted by atomic mass is 10.1. The van der Waals surface area contributed by atoms with Gasteiger partial charge in [-0.2, -0.15) is 0 Å². The highest BCUT2D eigenvalue weighted by atomic mass is 35.5. The maximum atomic E-state index is 13.8. The predicted octanol–water partition coefficient (Wildman–Crippen LogP) is 6.43. The van der Waals surface area contributed by atoms with Crippen molar-refractivity contribution in [2.45, 2.75) is 53.1 Å². The number of halogens is 1. The number of carbonyl (C=O) groups is 2. The molecule has 2 aromatic carbocycles. The number of aryl methyl sites for hydroxylation is 2. The van der Waals surface area contributed by atoms with Crippen molar-refractivity contribution in [3.8, 4) is 11.5 Å². The van der Waals surface area contributed by atoms with Crippen LogP contribution in [0.5, 0.6) is 11.5 Å². The van der Waals surface area contributed by atoms with Crippen LogP contribution in [0.15, 0.2) is 36.5 Å². The number of hydrogen-bond acceptors (Lipinski definition) is 8. The molecule has 0 fully saturated rings. The van der Waals surface area contributed by atoms with Crippen LogP contribution in [0.2, 0.25) is 5.02 Å². The van der Waals surface area contributed by atoms with E-state index in [1.54, 1.807) is 65.3 Å². The van der Waals surface area contributed by atoms with Crippen LogP contribution in [0.4, 0.5) is 16.3 Å². The van der Waals surface area contributed by atoms with Crippen molar-refractivity contribution in [2.75, 3.05) is 25.7 Å². The molecule has 2 aromatic heterocycles. The number of aromatic nitrogens is 3. The third kappa shape index (κ3) is 5.77. The van der Waals surface area contributed by atoms with Crippen molar-refractivity contribution in [2.24, 2.45) is 0 Å². The SMILES string of the molecule is CCOC(=O)CCc1ncc2c(N(C(=O)OC(C)(C)C)c3c(C)cccc3Cl)nc3cc(OC)c(OC)cc3n12. The Morgan fingerprint density at radius 2 is 1.77 bits per heavy atom. The fourth-order valence-electron chi connectivity index (χ4n) is 4.40. The van der Waals surface area contributed by atoms with Crippen molar-refractivity contribution in [1.29, 1.82) is 0 Å². The molecule has 0 unspecified atom stereocenters. The minimum Gasteiger partial charge on any atom is -0.493 e. The molecule has 0 atom stereocenters. The average Bonchev–Trinajstić information content (AvgIpc) is 3.32. The first-order chi connectivity index (χ1) is 19.0. The van der Waals surface area contributed by atoms with Gasteiger partial charge in [-0.3, -0.25) is 9.20 Å². The van der Waals surface area contributed by atoms with Crippen LogP contribution in [0.1, 0.15) is 45.5 Å². The Labute approximate surface area is 237 Å². The van der Waals surface area contributed by atoms with Crippen LogP contribution in [0, 0.1) is 6.92 Å². The van der Waals surface area contributed by atoms with Crippen molar-refractivity contribution < 1.29 is 28.5 Å². The Morgan fingerprint density at radius 1 is 1.07 bits per heavy atom. The van der Waals surface area contributed by atoms with Crippen LogP contribution in [0.25, 0.3) is 16.6 Å². The van der Waals surface area contributed by atoms with Crippen molar-refractivity contribution in [1.82, 2.24) is 14.4 Å². The molecule has 1 amide bonds. The molecule has 212 valence electrons. The van der Waals surface area contributed by atoms with Crippen LogP contribution < -0.4 is 14.4 Å². The zero-order valence-corrected chi connectivity index (χ0v) is 24.5. The number of benzene rings is 2. The fraction of sp³-hybridized carbons (Fsp3) is 0.379. The van der Waals surface area contributed by atoms with E-state index in [9.17, 15) is 9.59 Å². The highest BCUT2D eigenvalue weighted by Gasteiger charge is 2.31. The minimum absolute atomic E-state index is 0.124. The van der Waals surface area contributed by atoms with Gasteiger partial charge in [-0.1, -0.05) is 23.7 Å². The smallest absolute Gasteiger partial charge is 0.420 e. The van der Waals surface area contributed by atoms with E-state index in [-0.39, 0.29) is 31.2 Å². The highest BCUT2D eigenvalue weighted by Crippen LogP contribution is 2.40. The molecule has 0 saturated heterocycles. The first kappa shape index (κ1) is 28.9. The van der Waals surface area contributed by atoms with Crippen LogP contribution >= 0.6 is 11.6 Å². The summed E-state index contributed by atoms with van der Waals surface area (Å²) in [7, 11) is 3.08. The molecule has 0 saturated carbocycles. The number of imidazole rings is 1. The number of methoxy groups -OCH3 is 2. The summed E-state index contributed by atoms with van der Waals surface area (Å²) in [5.74, 6) is 1.43. The second kappa shape index (κ2) is 11.6. The molecule has 0 N–H and O–H groups in total. The van der Waals surface area contributed by atoms with Gasteiger partial charge in [0.2, 0.25) is 0 Å². The van der Waals surface area contributed by atoms with E-state index >= 15 is 0 Å². The molecule has 4 rings (SSSR count). The average molecular weight is 569 g/mol. The van der Waals surface area contributed by atoms with Crippen molar-refractivity contribution in [3.63, 3.8) is 0 Å². The van der Waals surface area contributed by atoms with E-state index in [1.807, 2.05) is 17.4 Å². The summed E-state index contributed by atoms with van der Waals surface area (Å²) >= 11 is 6.68. The van der Waals surface area contributed by atoms with Gasteiger partial charge in [0.15, 0.2) is 17.3 Å². The third-order valence-corrected chi connectivity index (χ3v) is 6.38. The van der Waals surface area contributed by atoms with Gasteiger partial charge in [0.05, 0.1) is 55.2 Å². The molecule has 10 nitrogen and oxygen atoms in total. The van der Waals surface area contributed by atoms with Crippen molar-refractivity contribution in [3.05, 3.63) is 52.9 Å². The molecule has 2 heterocycles. The molecule has 0 aliphatic rings. The van der Waals surface area contributed by atoms with Gasteiger partial charge in [0, 0.05) is 18.6 Å². The van der Waals surface area contributed by atoms with Crippen LogP contribution in [-0.2, 0) is 20.7 Å².